The third-order valence-corrected chi connectivity index (χ3v) is 9.96. The number of halogens is 4. The van der Waals surface area contributed by atoms with Crippen LogP contribution in [-0.2, 0) is 11.6 Å². The van der Waals surface area contributed by atoms with E-state index in [1.165, 1.54) is 18.2 Å². The number of phenolic OH excluding ortho intramolecular Hbond substituents is 2. The first-order valence-corrected chi connectivity index (χ1v) is 14.0. The van der Waals surface area contributed by atoms with E-state index in [0.29, 0.717) is 10.9 Å². The standard InChI is InChI=1S/C33H28BrF3O3/c1-16(30(40)17-5-8-20(38)9-6-17)32(4)15-25(32)18-11-23-28-21-10-7-19(33(35,36)37)13-22(21)27(39)14-24(28)31(2,3)29(23)26(34)12-18/h5-14,16,25,38-39H,15H2,1-4H3/t16?,25?,32-/m1/s1. The van der Waals surface area contributed by atoms with Crippen molar-refractivity contribution in [3.63, 3.8) is 0 Å². The maximum absolute atomic E-state index is 13.5. The molecule has 2 aliphatic rings. The Morgan fingerprint density at radius 3 is 2.30 bits per heavy atom. The van der Waals surface area contributed by atoms with Crippen molar-refractivity contribution in [2.24, 2.45) is 11.3 Å². The van der Waals surface area contributed by atoms with Crippen LogP contribution in [0, 0.1) is 11.3 Å². The number of benzene rings is 4. The predicted octanol–water partition coefficient (Wildman–Crippen LogP) is 9.35. The molecule has 7 heteroatoms. The Bertz CT molecular complexity index is 1720. The Morgan fingerprint density at radius 2 is 1.65 bits per heavy atom. The van der Waals surface area contributed by atoms with E-state index in [1.54, 1.807) is 18.2 Å². The molecule has 40 heavy (non-hydrogen) atoms. The molecule has 0 amide bonds. The number of Topliss-reactive ketones (excluding diaryl/α,β-unsaturated/α-hetero) is 1. The molecule has 2 unspecified atom stereocenters. The van der Waals surface area contributed by atoms with Crippen LogP contribution in [-0.4, -0.2) is 16.0 Å². The van der Waals surface area contributed by atoms with Crippen LogP contribution in [0.5, 0.6) is 11.5 Å². The predicted molar refractivity (Wildman–Crippen MR) is 153 cm³/mol. The van der Waals surface area contributed by atoms with Gasteiger partial charge in [-0.05, 0) is 99.5 Å². The second-order valence-corrected chi connectivity index (χ2v) is 12.9. The molecule has 4 aromatic rings. The molecular formula is C33H28BrF3O3. The molecule has 206 valence electrons. The van der Waals surface area contributed by atoms with Gasteiger partial charge in [-0.1, -0.05) is 55.8 Å². The van der Waals surface area contributed by atoms with Gasteiger partial charge in [0.2, 0.25) is 0 Å². The molecule has 2 N–H and O–H groups in total. The molecule has 3 atom stereocenters. The van der Waals surface area contributed by atoms with Gasteiger partial charge in [-0.25, -0.2) is 0 Å². The Labute approximate surface area is 238 Å². The van der Waals surface area contributed by atoms with Crippen molar-refractivity contribution in [2.45, 2.75) is 51.6 Å². The summed E-state index contributed by atoms with van der Waals surface area (Å²) in [6, 6.07) is 15.7. The molecule has 3 nitrogen and oxygen atoms in total. The lowest BCUT2D eigenvalue weighted by atomic mass is 9.80. The smallest absolute Gasteiger partial charge is 0.416 e. The summed E-state index contributed by atoms with van der Waals surface area (Å²) in [7, 11) is 0. The highest BCUT2D eigenvalue weighted by Gasteiger charge is 2.56. The summed E-state index contributed by atoms with van der Waals surface area (Å²) in [6.45, 7) is 8.17. The third kappa shape index (κ3) is 3.88. The number of alkyl halides is 3. The Morgan fingerprint density at radius 1 is 0.975 bits per heavy atom. The summed E-state index contributed by atoms with van der Waals surface area (Å²) in [5.74, 6) is -0.164. The summed E-state index contributed by atoms with van der Waals surface area (Å²) in [5, 5.41) is 21.2. The lowest BCUT2D eigenvalue weighted by Gasteiger charge is -2.24. The maximum Gasteiger partial charge on any atom is 0.416 e. The fourth-order valence-electron chi connectivity index (χ4n) is 6.69. The molecule has 4 aromatic carbocycles. The first kappa shape index (κ1) is 26.9. The molecule has 0 bridgehead atoms. The molecule has 6 rings (SSSR count). The van der Waals surface area contributed by atoms with Gasteiger partial charge in [0, 0.05) is 26.8 Å². The van der Waals surface area contributed by atoms with Gasteiger partial charge in [-0.15, -0.1) is 0 Å². The highest BCUT2D eigenvalue weighted by molar-refractivity contribution is 9.10. The van der Waals surface area contributed by atoms with Crippen molar-refractivity contribution in [2.75, 3.05) is 0 Å². The van der Waals surface area contributed by atoms with Gasteiger partial charge < -0.3 is 10.2 Å². The minimum Gasteiger partial charge on any atom is -0.508 e. The molecular weight excluding hydrogens is 581 g/mol. The fourth-order valence-corrected chi connectivity index (χ4v) is 7.67. The van der Waals surface area contributed by atoms with Crippen LogP contribution in [0.1, 0.15) is 72.6 Å². The first-order chi connectivity index (χ1) is 18.6. The summed E-state index contributed by atoms with van der Waals surface area (Å²) in [5.41, 5.74) is 3.71. The number of carbonyl (C=O) groups is 1. The average molecular weight is 609 g/mol. The van der Waals surface area contributed by atoms with Crippen LogP contribution in [0.25, 0.3) is 21.9 Å². The van der Waals surface area contributed by atoms with Crippen LogP contribution < -0.4 is 0 Å². The number of fused-ring (bicyclic) bond motifs is 5. The van der Waals surface area contributed by atoms with Crippen LogP contribution in [0.3, 0.4) is 0 Å². The Kier molecular flexibility index (Phi) is 5.77. The van der Waals surface area contributed by atoms with Crippen LogP contribution in [0.4, 0.5) is 13.2 Å². The van der Waals surface area contributed by atoms with E-state index < -0.39 is 17.2 Å². The van der Waals surface area contributed by atoms with Gasteiger partial charge in [0.05, 0.1) is 5.56 Å². The van der Waals surface area contributed by atoms with Gasteiger partial charge in [-0.2, -0.15) is 13.2 Å². The number of phenols is 2. The number of aromatic hydroxyl groups is 2. The third-order valence-electron chi connectivity index (χ3n) is 9.34. The van der Waals surface area contributed by atoms with Gasteiger partial charge in [-0.3, -0.25) is 4.79 Å². The minimum atomic E-state index is -4.52. The largest absolute Gasteiger partial charge is 0.508 e. The van der Waals surface area contributed by atoms with Crippen molar-refractivity contribution in [3.8, 4) is 22.6 Å². The first-order valence-electron chi connectivity index (χ1n) is 13.2. The minimum absolute atomic E-state index is 0.0265. The molecule has 0 radical (unpaired) electrons. The Balaban J connectivity index is 1.45. The van der Waals surface area contributed by atoms with Crippen molar-refractivity contribution in [1.29, 1.82) is 0 Å². The van der Waals surface area contributed by atoms with Crippen LogP contribution in [0.15, 0.2) is 65.1 Å². The molecule has 1 fully saturated rings. The average Bonchev–Trinajstić information content (AvgIpc) is 3.53. The van der Waals surface area contributed by atoms with E-state index >= 15 is 0 Å². The number of carbonyl (C=O) groups excluding carboxylic acids is 1. The fraction of sp³-hybridized carbons (Fsp3) is 0.303. The molecule has 2 aliphatic carbocycles. The van der Waals surface area contributed by atoms with Gasteiger partial charge in [0.25, 0.3) is 0 Å². The SMILES string of the molecule is CC(C(=O)c1ccc(O)cc1)[C@@]1(C)CC1c1cc(Br)c2c(c1)-c1c(cc(O)c3cc(C(F)(F)F)ccc13)C2(C)C. The van der Waals surface area contributed by atoms with Crippen molar-refractivity contribution in [3.05, 3.63) is 93.0 Å². The monoisotopic (exact) mass is 608 g/mol. The van der Waals surface area contributed by atoms with Crippen molar-refractivity contribution in [1.82, 2.24) is 0 Å². The summed E-state index contributed by atoms with van der Waals surface area (Å²) in [4.78, 5) is 13.3. The quantitative estimate of drug-likeness (QED) is 0.227. The van der Waals surface area contributed by atoms with Crippen molar-refractivity contribution >= 4 is 32.5 Å². The van der Waals surface area contributed by atoms with E-state index in [0.717, 1.165) is 50.8 Å². The van der Waals surface area contributed by atoms with Gasteiger partial charge in [0.15, 0.2) is 5.78 Å². The van der Waals surface area contributed by atoms with E-state index in [4.69, 9.17) is 0 Å². The lowest BCUT2D eigenvalue weighted by Crippen LogP contribution is -2.21. The second kappa shape index (κ2) is 8.59. The van der Waals surface area contributed by atoms with E-state index in [2.05, 4.69) is 48.8 Å². The van der Waals surface area contributed by atoms with Crippen LogP contribution >= 0.6 is 15.9 Å². The van der Waals surface area contributed by atoms with E-state index in [9.17, 15) is 28.2 Å². The Hall–Kier alpha value is -3.32. The molecule has 0 saturated heterocycles. The molecule has 0 aromatic heterocycles. The highest BCUT2D eigenvalue weighted by Crippen LogP contribution is 2.65. The number of rotatable bonds is 4. The molecule has 0 heterocycles. The zero-order chi connectivity index (χ0) is 28.9. The highest BCUT2D eigenvalue weighted by atomic mass is 79.9. The van der Waals surface area contributed by atoms with Gasteiger partial charge >= 0.3 is 6.18 Å². The zero-order valence-corrected chi connectivity index (χ0v) is 24.0. The normalized spacial score (nSPS) is 21.6. The number of hydrogen-bond acceptors (Lipinski definition) is 3. The zero-order valence-electron chi connectivity index (χ0n) is 22.4. The van der Waals surface area contributed by atoms with E-state index in [1.807, 2.05) is 6.92 Å². The summed E-state index contributed by atoms with van der Waals surface area (Å²) < 4.78 is 41.3. The summed E-state index contributed by atoms with van der Waals surface area (Å²) in [6.07, 6.45) is -3.69. The number of ketones is 1. The van der Waals surface area contributed by atoms with Crippen LogP contribution in [0.2, 0.25) is 0 Å². The lowest BCUT2D eigenvalue weighted by molar-refractivity contribution is -0.137. The second-order valence-electron chi connectivity index (χ2n) is 12.0. The van der Waals surface area contributed by atoms with E-state index in [-0.39, 0.29) is 39.9 Å². The van der Waals surface area contributed by atoms with Gasteiger partial charge in [0.1, 0.15) is 11.5 Å². The molecule has 1 saturated carbocycles. The number of hydrogen-bond donors (Lipinski definition) is 2. The van der Waals surface area contributed by atoms with Crippen molar-refractivity contribution < 1.29 is 28.2 Å². The summed E-state index contributed by atoms with van der Waals surface area (Å²) >= 11 is 3.79. The molecule has 0 spiro atoms. The maximum atomic E-state index is 13.5. The molecule has 0 aliphatic heterocycles. The topological polar surface area (TPSA) is 57.5 Å².